The van der Waals surface area contributed by atoms with E-state index in [-0.39, 0.29) is 11.3 Å². The average Bonchev–Trinajstić information content (AvgIpc) is 2.67. The van der Waals surface area contributed by atoms with Crippen LogP contribution in [0.3, 0.4) is 0 Å². The Morgan fingerprint density at radius 3 is 2.69 bits per heavy atom. The second kappa shape index (κ2) is 7.37. The monoisotopic (exact) mass is 384 g/mol. The topological polar surface area (TPSA) is 42.3 Å². The molecule has 3 heterocycles. The summed E-state index contributed by atoms with van der Waals surface area (Å²) in [4.78, 5) is 26.6. The molecule has 1 aromatic carbocycles. The fourth-order valence-electron chi connectivity index (χ4n) is 3.97. The van der Waals surface area contributed by atoms with Gasteiger partial charge in [0.15, 0.2) is 5.78 Å². The first-order valence-corrected chi connectivity index (χ1v) is 10.2. The Kier molecular flexibility index (Phi) is 4.96. The number of carbonyl (C=O) groups is 1. The molecule has 0 spiro atoms. The standard InChI is InChI=1S/C20H20N2O2S2/c23-18(15-5-2-1-3-6-15)13-26-20(25)21-10-14-9-16(12-21)17-7-4-8-19(24)22(17)11-14/h1-8,14,16H,9-13H2/t14-,16-/m0/s1. The van der Waals surface area contributed by atoms with E-state index in [1.54, 1.807) is 6.07 Å². The summed E-state index contributed by atoms with van der Waals surface area (Å²) in [7, 11) is 0. The number of pyridine rings is 1. The van der Waals surface area contributed by atoms with Crippen LogP contribution < -0.4 is 5.56 Å². The number of ketones is 1. The van der Waals surface area contributed by atoms with Crippen molar-refractivity contribution in [2.75, 3.05) is 18.8 Å². The van der Waals surface area contributed by atoms with Crippen LogP contribution >= 0.6 is 24.0 Å². The molecule has 4 rings (SSSR count). The quantitative estimate of drug-likeness (QED) is 0.601. The summed E-state index contributed by atoms with van der Waals surface area (Å²) in [5.41, 5.74) is 1.94. The number of likely N-dealkylation sites (tertiary alicyclic amines) is 1. The minimum Gasteiger partial charge on any atom is -0.356 e. The molecular formula is C20H20N2O2S2. The molecule has 0 radical (unpaired) electrons. The van der Waals surface area contributed by atoms with Crippen LogP contribution in [0.25, 0.3) is 0 Å². The highest BCUT2D eigenvalue weighted by molar-refractivity contribution is 8.23. The summed E-state index contributed by atoms with van der Waals surface area (Å²) < 4.78 is 2.71. The van der Waals surface area contributed by atoms with Crippen molar-refractivity contribution in [1.29, 1.82) is 0 Å². The minimum atomic E-state index is 0.0936. The van der Waals surface area contributed by atoms with Crippen LogP contribution in [0.2, 0.25) is 0 Å². The molecular weight excluding hydrogens is 364 g/mol. The Balaban J connectivity index is 1.41. The molecule has 1 saturated heterocycles. The van der Waals surface area contributed by atoms with E-state index in [1.165, 1.54) is 11.8 Å². The van der Waals surface area contributed by atoms with Gasteiger partial charge in [0.1, 0.15) is 4.32 Å². The number of hydrogen-bond donors (Lipinski definition) is 0. The van der Waals surface area contributed by atoms with Gasteiger partial charge in [-0.25, -0.2) is 0 Å². The Morgan fingerprint density at radius 1 is 1.08 bits per heavy atom. The maximum atomic E-state index is 12.3. The number of thioether (sulfide) groups is 1. The zero-order valence-corrected chi connectivity index (χ0v) is 16.0. The van der Waals surface area contributed by atoms with Crippen molar-refractivity contribution < 1.29 is 4.79 Å². The van der Waals surface area contributed by atoms with Gasteiger partial charge in [0.2, 0.25) is 0 Å². The van der Waals surface area contributed by atoms with Gasteiger partial charge >= 0.3 is 0 Å². The highest BCUT2D eigenvalue weighted by Crippen LogP contribution is 2.36. The number of thiocarbonyl (C=S) groups is 1. The van der Waals surface area contributed by atoms with E-state index in [0.29, 0.717) is 17.6 Å². The number of piperidine rings is 1. The highest BCUT2D eigenvalue weighted by Gasteiger charge is 2.35. The van der Waals surface area contributed by atoms with Crippen LogP contribution in [0.1, 0.15) is 28.4 Å². The summed E-state index contributed by atoms with van der Waals surface area (Å²) in [5.74, 6) is 1.24. The second-order valence-electron chi connectivity index (χ2n) is 6.95. The molecule has 0 N–H and O–H groups in total. The van der Waals surface area contributed by atoms with E-state index in [1.807, 2.05) is 41.0 Å². The van der Waals surface area contributed by atoms with Crippen molar-refractivity contribution in [2.45, 2.75) is 18.9 Å². The van der Waals surface area contributed by atoms with Gasteiger partial charge in [0, 0.05) is 42.9 Å². The molecule has 4 nitrogen and oxygen atoms in total. The van der Waals surface area contributed by atoms with Gasteiger partial charge in [-0.2, -0.15) is 0 Å². The van der Waals surface area contributed by atoms with Crippen LogP contribution in [0.5, 0.6) is 0 Å². The van der Waals surface area contributed by atoms with Crippen molar-refractivity contribution >= 4 is 34.1 Å². The SMILES string of the molecule is O=C(CSC(=S)N1C[C@@H]2C[C@@H](C1)c1cccc(=O)n1C2)c1ccccc1. The zero-order chi connectivity index (χ0) is 18.1. The third-order valence-electron chi connectivity index (χ3n) is 5.16. The van der Waals surface area contributed by atoms with Gasteiger partial charge in [-0.05, 0) is 18.4 Å². The third-order valence-corrected chi connectivity index (χ3v) is 6.68. The summed E-state index contributed by atoms with van der Waals surface area (Å²) in [5, 5.41) is 0. The van der Waals surface area contributed by atoms with Crippen molar-refractivity contribution in [2.24, 2.45) is 5.92 Å². The first kappa shape index (κ1) is 17.5. The lowest BCUT2D eigenvalue weighted by molar-refractivity contribution is 0.102. The van der Waals surface area contributed by atoms with E-state index in [2.05, 4.69) is 11.0 Å². The van der Waals surface area contributed by atoms with Crippen LogP contribution in [0.15, 0.2) is 53.3 Å². The van der Waals surface area contributed by atoms with Gasteiger partial charge in [-0.3, -0.25) is 9.59 Å². The minimum absolute atomic E-state index is 0.0936. The summed E-state index contributed by atoms with van der Waals surface area (Å²) in [6, 6.07) is 14.9. The molecule has 0 saturated carbocycles. The predicted octanol–water partition coefficient (Wildman–Crippen LogP) is 3.17. The number of nitrogens with zero attached hydrogens (tertiary/aromatic N) is 2. The van der Waals surface area contributed by atoms with E-state index in [4.69, 9.17) is 12.2 Å². The van der Waals surface area contributed by atoms with Gasteiger partial charge in [-0.1, -0.05) is 60.4 Å². The lowest BCUT2D eigenvalue weighted by Gasteiger charge is -2.43. The molecule has 2 bridgehead atoms. The molecule has 2 aromatic rings. The number of rotatable bonds is 3. The number of aromatic nitrogens is 1. The van der Waals surface area contributed by atoms with Crippen LogP contribution in [0.4, 0.5) is 0 Å². The Labute approximate surface area is 162 Å². The molecule has 1 fully saturated rings. The van der Waals surface area contributed by atoms with E-state index >= 15 is 0 Å². The van der Waals surface area contributed by atoms with Crippen molar-refractivity contribution in [1.82, 2.24) is 9.47 Å². The van der Waals surface area contributed by atoms with Crippen LogP contribution in [-0.2, 0) is 6.54 Å². The maximum Gasteiger partial charge on any atom is 0.250 e. The number of benzene rings is 1. The number of hydrogen-bond acceptors (Lipinski definition) is 4. The Hall–Kier alpha value is -1.92. The molecule has 2 aliphatic heterocycles. The van der Waals surface area contributed by atoms with E-state index < -0.39 is 0 Å². The molecule has 2 atom stereocenters. The second-order valence-corrected chi connectivity index (χ2v) is 8.56. The fourth-order valence-corrected chi connectivity index (χ4v) is 5.05. The van der Waals surface area contributed by atoms with Gasteiger partial charge < -0.3 is 9.47 Å². The van der Waals surface area contributed by atoms with Gasteiger partial charge in [-0.15, -0.1) is 0 Å². The van der Waals surface area contributed by atoms with Crippen molar-refractivity contribution in [3.63, 3.8) is 0 Å². The van der Waals surface area contributed by atoms with Crippen molar-refractivity contribution in [3.05, 3.63) is 70.1 Å². The molecule has 2 aliphatic rings. The first-order valence-electron chi connectivity index (χ1n) is 8.81. The summed E-state index contributed by atoms with van der Waals surface area (Å²) in [6.07, 6.45) is 1.11. The molecule has 0 aliphatic carbocycles. The molecule has 0 unspecified atom stereocenters. The summed E-state index contributed by atoms with van der Waals surface area (Å²) >= 11 is 7.06. The zero-order valence-electron chi connectivity index (χ0n) is 14.3. The van der Waals surface area contributed by atoms with Crippen molar-refractivity contribution in [3.8, 4) is 0 Å². The number of fused-ring (bicyclic) bond motifs is 4. The van der Waals surface area contributed by atoms with Gasteiger partial charge in [0.05, 0.1) is 5.75 Å². The Bertz CT molecular complexity index is 894. The van der Waals surface area contributed by atoms with E-state index in [9.17, 15) is 9.59 Å². The van der Waals surface area contributed by atoms with Gasteiger partial charge in [0.25, 0.3) is 5.56 Å². The molecule has 0 amide bonds. The number of carbonyl (C=O) groups excluding carboxylic acids is 1. The fraction of sp³-hybridized carbons (Fsp3) is 0.350. The highest BCUT2D eigenvalue weighted by atomic mass is 32.2. The first-order chi connectivity index (χ1) is 12.6. The van der Waals surface area contributed by atoms with E-state index in [0.717, 1.165) is 41.6 Å². The molecule has 134 valence electrons. The lowest BCUT2D eigenvalue weighted by Crippen LogP contribution is -2.48. The van der Waals surface area contributed by atoms with Crippen LogP contribution in [-0.4, -0.2) is 38.4 Å². The largest absolute Gasteiger partial charge is 0.356 e. The summed E-state index contributed by atoms with van der Waals surface area (Å²) in [6.45, 7) is 2.45. The third kappa shape index (κ3) is 3.48. The maximum absolute atomic E-state index is 12.3. The van der Waals surface area contributed by atoms with Crippen LogP contribution in [0, 0.1) is 5.92 Å². The number of Topliss-reactive ketones (excluding diaryl/α,β-unsaturated/α-hetero) is 1. The molecule has 1 aromatic heterocycles. The predicted molar refractivity (Wildman–Crippen MR) is 109 cm³/mol. The smallest absolute Gasteiger partial charge is 0.250 e. The normalized spacial score (nSPS) is 21.2. The Morgan fingerprint density at radius 2 is 1.88 bits per heavy atom. The lowest BCUT2D eigenvalue weighted by atomic mass is 9.83. The molecule has 6 heteroatoms. The average molecular weight is 385 g/mol. The molecule has 26 heavy (non-hydrogen) atoms.